The fourth-order valence-corrected chi connectivity index (χ4v) is 3.31. The van der Waals surface area contributed by atoms with E-state index in [0.717, 1.165) is 48.2 Å². The Morgan fingerprint density at radius 2 is 1.77 bits per heavy atom. The van der Waals surface area contributed by atoms with Crippen molar-refractivity contribution in [3.05, 3.63) is 77.4 Å². The number of nitrogens with zero attached hydrogens (tertiary/aromatic N) is 1. The molecule has 26 heavy (non-hydrogen) atoms. The molecule has 4 heteroatoms. The van der Waals surface area contributed by atoms with Gasteiger partial charge in [-0.15, -0.1) is 0 Å². The van der Waals surface area contributed by atoms with Gasteiger partial charge in [0.1, 0.15) is 0 Å². The normalized spacial score (nSPS) is 15.1. The Morgan fingerprint density at radius 1 is 1.08 bits per heavy atom. The summed E-state index contributed by atoms with van der Waals surface area (Å²) in [4.78, 5) is 20.6. The van der Waals surface area contributed by atoms with E-state index in [1.165, 1.54) is 0 Å². The first-order valence-corrected chi connectivity index (χ1v) is 9.23. The number of hydrogen-bond acceptors (Lipinski definition) is 3. The van der Waals surface area contributed by atoms with E-state index in [4.69, 9.17) is 4.84 Å². The van der Waals surface area contributed by atoms with Gasteiger partial charge in [-0.3, -0.25) is 14.5 Å². The van der Waals surface area contributed by atoms with Crippen LogP contribution in [0.4, 0.5) is 0 Å². The van der Waals surface area contributed by atoms with Crippen LogP contribution in [0.25, 0.3) is 5.57 Å². The molecule has 0 radical (unpaired) electrons. The summed E-state index contributed by atoms with van der Waals surface area (Å²) in [5, 5.41) is 0. The molecular weight excluding hydrogens is 324 g/mol. The van der Waals surface area contributed by atoms with Crippen LogP contribution >= 0.6 is 0 Å². The van der Waals surface area contributed by atoms with E-state index < -0.39 is 0 Å². The number of carbonyl (C=O) groups is 1. The van der Waals surface area contributed by atoms with Crippen LogP contribution in [-0.4, -0.2) is 30.4 Å². The maximum absolute atomic E-state index is 12.8. The van der Waals surface area contributed by atoms with Gasteiger partial charge >= 0.3 is 0 Å². The summed E-state index contributed by atoms with van der Waals surface area (Å²) in [7, 11) is 0. The lowest BCUT2D eigenvalue weighted by molar-refractivity contribution is -0.130. The fourth-order valence-electron chi connectivity index (χ4n) is 3.31. The lowest BCUT2D eigenvalue weighted by Gasteiger charge is -2.30. The number of rotatable bonds is 7. The van der Waals surface area contributed by atoms with Crippen molar-refractivity contribution in [1.29, 1.82) is 0 Å². The maximum Gasteiger partial charge on any atom is 0.272 e. The van der Waals surface area contributed by atoms with E-state index >= 15 is 0 Å². The molecule has 3 rings (SSSR count). The van der Waals surface area contributed by atoms with Gasteiger partial charge in [0, 0.05) is 18.7 Å². The molecule has 0 unspecified atom stereocenters. The van der Waals surface area contributed by atoms with E-state index in [1.807, 2.05) is 48.5 Å². The number of nitrogens with one attached hydrogen (secondary N) is 1. The molecule has 4 nitrogen and oxygen atoms in total. The second kappa shape index (κ2) is 9.32. The molecular formula is C22H26N2O2. The van der Waals surface area contributed by atoms with E-state index in [2.05, 4.69) is 29.4 Å². The average Bonchev–Trinajstić information content (AvgIpc) is 2.69. The molecule has 0 aromatic heterocycles. The molecule has 2 aromatic carbocycles. The van der Waals surface area contributed by atoms with Crippen LogP contribution in [0.15, 0.2) is 66.2 Å². The first-order valence-electron chi connectivity index (χ1n) is 9.23. The second-order valence-electron chi connectivity index (χ2n) is 6.55. The Labute approximate surface area is 155 Å². The lowest BCUT2D eigenvalue weighted by Crippen LogP contribution is -2.38. The second-order valence-corrected chi connectivity index (χ2v) is 6.55. The Kier molecular flexibility index (Phi) is 6.58. The monoisotopic (exact) mass is 350 g/mol. The van der Waals surface area contributed by atoms with E-state index in [1.54, 1.807) is 0 Å². The minimum absolute atomic E-state index is 0.138. The third-order valence-electron chi connectivity index (χ3n) is 4.61. The third kappa shape index (κ3) is 4.81. The van der Waals surface area contributed by atoms with E-state index in [0.29, 0.717) is 13.2 Å². The molecule has 1 N–H and O–H groups in total. The molecule has 0 fully saturated rings. The van der Waals surface area contributed by atoms with Crippen LogP contribution in [0, 0.1) is 0 Å². The number of hydroxylamine groups is 1. The van der Waals surface area contributed by atoms with Crippen LogP contribution in [0.3, 0.4) is 0 Å². The standard InChI is InChI=1S/C22H26N2O2/c1-2-14-24-15-13-20(19-11-7-4-8-12-19)21(16-24)22(25)23-26-17-18-9-5-3-6-10-18/h3-12H,2,13-17H2,1H3,(H,23,25). The molecule has 1 aliphatic heterocycles. The van der Waals surface area contributed by atoms with Gasteiger partial charge in [-0.05, 0) is 36.1 Å². The highest BCUT2D eigenvalue weighted by Gasteiger charge is 2.24. The highest BCUT2D eigenvalue weighted by molar-refractivity contribution is 6.01. The number of carbonyl (C=O) groups excluding carboxylic acids is 1. The molecule has 0 spiro atoms. The maximum atomic E-state index is 12.8. The topological polar surface area (TPSA) is 41.6 Å². The predicted octanol–water partition coefficient (Wildman–Crippen LogP) is 3.80. The molecule has 0 saturated carbocycles. The van der Waals surface area contributed by atoms with Crippen LogP contribution in [0.1, 0.15) is 30.9 Å². The Balaban J connectivity index is 1.72. The summed E-state index contributed by atoms with van der Waals surface area (Å²) in [6.45, 7) is 5.18. The van der Waals surface area contributed by atoms with E-state index in [9.17, 15) is 4.79 Å². The lowest BCUT2D eigenvalue weighted by atomic mass is 9.93. The predicted molar refractivity (Wildman–Crippen MR) is 104 cm³/mol. The smallest absolute Gasteiger partial charge is 0.272 e. The van der Waals surface area contributed by atoms with Crippen molar-refractivity contribution in [2.24, 2.45) is 0 Å². The van der Waals surface area contributed by atoms with Gasteiger partial charge in [0.25, 0.3) is 5.91 Å². The van der Waals surface area contributed by atoms with Crippen molar-refractivity contribution < 1.29 is 9.63 Å². The summed E-state index contributed by atoms with van der Waals surface area (Å²) < 4.78 is 0. The molecule has 1 aliphatic rings. The largest absolute Gasteiger partial charge is 0.299 e. The summed E-state index contributed by atoms with van der Waals surface area (Å²) in [6, 6.07) is 20.0. The highest BCUT2D eigenvalue weighted by atomic mass is 16.6. The van der Waals surface area contributed by atoms with Gasteiger partial charge in [-0.25, -0.2) is 5.48 Å². The molecule has 1 heterocycles. The molecule has 0 atom stereocenters. The van der Waals surface area contributed by atoms with Gasteiger partial charge in [-0.2, -0.15) is 0 Å². The van der Waals surface area contributed by atoms with Gasteiger partial charge < -0.3 is 0 Å². The number of amides is 1. The number of hydrogen-bond donors (Lipinski definition) is 1. The first-order chi connectivity index (χ1) is 12.8. The highest BCUT2D eigenvalue weighted by Crippen LogP contribution is 2.27. The van der Waals surface area contributed by atoms with Gasteiger partial charge in [-0.1, -0.05) is 67.6 Å². The first kappa shape index (κ1) is 18.4. The minimum Gasteiger partial charge on any atom is -0.299 e. The Hall–Kier alpha value is -2.43. The van der Waals surface area contributed by atoms with Gasteiger partial charge in [0.2, 0.25) is 0 Å². The van der Waals surface area contributed by atoms with Gasteiger partial charge in [0.05, 0.1) is 6.61 Å². The Bertz CT molecular complexity index is 741. The zero-order valence-electron chi connectivity index (χ0n) is 15.3. The third-order valence-corrected chi connectivity index (χ3v) is 4.61. The quantitative estimate of drug-likeness (QED) is 0.772. The average molecular weight is 350 g/mol. The number of benzene rings is 2. The molecule has 0 saturated heterocycles. The summed E-state index contributed by atoms with van der Waals surface area (Å²) in [5.74, 6) is -0.138. The summed E-state index contributed by atoms with van der Waals surface area (Å²) in [6.07, 6.45) is 1.96. The van der Waals surface area contributed by atoms with Crippen molar-refractivity contribution in [3.8, 4) is 0 Å². The van der Waals surface area contributed by atoms with Crippen LogP contribution in [-0.2, 0) is 16.2 Å². The van der Waals surface area contributed by atoms with Crippen molar-refractivity contribution >= 4 is 11.5 Å². The van der Waals surface area contributed by atoms with Crippen LogP contribution < -0.4 is 5.48 Å². The molecule has 136 valence electrons. The van der Waals surface area contributed by atoms with Crippen molar-refractivity contribution in [1.82, 2.24) is 10.4 Å². The minimum atomic E-state index is -0.138. The molecule has 1 amide bonds. The van der Waals surface area contributed by atoms with E-state index in [-0.39, 0.29) is 5.91 Å². The zero-order valence-corrected chi connectivity index (χ0v) is 15.3. The van der Waals surface area contributed by atoms with Crippen molar-refractivity contribution in [2.45, 2.75) is 26.4 Å². The SMILES string of the molecule is CCCN1CCC(c2ccccc2)=C(C(=O)NOCc2ccccc2)C1. The van der Waals surface area contributed by atoms with Gasteiger partial charge in [0.15, 0.2) is 0 Å². The molecule has 0 aliphatic carbocycles. The van der Waals surface area contributed by atoms with Crippen LogP contribution in [0.5, 0.6) is 0 Å². The molecule has 2 aromatic rings. The van der Waals surface area contributed by atoms with Crippen molar-refractivity contribution in [3.63, 3.8) is 0 Å². The van der Waals surface area contributed by atoms with Crippen LogP contribution in [0.2, 0.25) is 0 Å². The molecule has 0 bridgehead atoms. The summed E-state index contributed by atoms with van der Waals surface area (Å²) in [5.41, 5.74) is 6.72. The summed E-state index contributed by atoms with van der Waals surface area (Å²) >= 11 is 0. The zero-order chi connectivity index (χ0) is 18.2. The Morgan fingerprint density at radius 3 is 2.46 bits per heavy atom. The fraction of sp³-hybridized carbons (Fsp3) is 0.318. The van der Waals surface area contributed by atoms with Crippen molar-refractivity contribution in [2.75, 3.05) is 19.6 Å².